The Morgan fingerprint density at radius 1 is 1.14 bits per heavy atom. The summed E-state index contributed by atoms with van der Waals surface area (Å²) in [4.78, 5) is 27.2. The summed E-state index contributed by atoms with van der Waals surface area (Å²) in [6.45, 7) is 7.68. The first kappa shape index (κ1) is 31.5. The predicted octanol–water partition coefficient (Wildman–Crippen LogP) is 8.76. The van der Waals surface area contributed by atoms with Gasteiger partial charge in [0.1, 0.15) is 18.0 Å². The zero-order chi connectivity index (χ0) is 31.4. The molecule has 0 amide bonds. The molecule has 0 bridgehead atoms. The molecule has 230 valence electrons. The third kappa shape index (κ3) is 6.59. The fourth-order valence-electron chi connectivity index (χ4n) is 5.71. The maximum Gasteiger partial charge on any atom is 0.199 e. The van der Waals surface area contributed by atoms with Crippen LogP contribution in [0.1, 0.15) is 43.1 Å². The van der Waals surface area contributed by atoms with E-state index >= 15 is 4.39 Å². The predicted molar refractivity (Wildman–Crippen MR) is 167 cm³/mol. The molecule has 7 nitrogen and oxygen atoms in total. The van der Waals surface area contributed by atoms with Gasteiger partial charge in [0, 0.05) is 29.3 Å². The van der Waals surface area contributed by atoms with E-state index in [0.29, 0.717) is 22.1 Å². The van der Waals surface area contributed by atoms with E-state index in [9.17, 15) is 14.1 Å². The molecule has 0 spiro atoms. The van der Waals surface area contributed by atoms with Crippen LogP contribution in [0.15, 0.2) is 76.4 Å². The molecular weight excluding hydrogens is 588 g/mol. The molecule has 2 heterocycles. The maximum atomic E-state index is 15.5. The largest absolute Gasteiger partial charge is 0.489 e. The summed E-state index contributed by atoms with van der Waals surface area (Å²) in [5, 5.41) is 7.44. The number of aromatic nitrogens is 1. The second-order valence-corrected chi connectivity index (χ2v) is 12.0. The molecule has 1 fully saturated rings. The van der Waals surface area contributed by atoms with Gasteiger partial charge in [-0.15, -0.1) is 4.91 Å². The highest BCUT2D eigenvalue weighted by Gasteiger charge is 2.33. The van der Waals surface area contributed by atoms with Crippen molar-refractivity contribution in [3.05, 3.63) is 93.6 Å². The van der Waals surface area contributed by atoms with Crippen LogP contribution in [0, 0.1) is 28.5 Å². The highest BCUT2D eigenvalue weighted by Crippen LogP contribution is 2.38. The van der Waals surface area contributed by atoms with E-state index in [1.165, 1.54) is 24.3 Å². The molecule has 1 aliphatic rings. The van der Waals surface area contributed by atoms with Crippen LogP contribution in [0.3, 0.4) is 0 Å². The Balaban J connectivity index is 1.41. The van der Waals surface area contributed by atoms with Gasteiger partial charge < -0.3 is 9.26 Å². The van der Waals surface area contributed by atoms with Gasteiger partial charge >= 0.3 is 0 Å². The molecular formula is C34H34ClF2N3O4. The monoisotopic (exact) mass is 621 g/mol. The van der Waals surface area contributed by atoms with Crippen molar-refractivity contribution in [2.75, 3.05) is 26.4 Å². The number of likely N-dealkylation sites (tertiary alicyclic amines) is 1. The van der Waals surface area contributed by atoms with E-state index in [4.69, 9.17) is 20.9 Å². The van der Waals surface area contributed by atoms with Crippen LogP contribution in [0.25, 0.3) is 22.6 Å². The number of alkyl halides is 1. The molecule has 0 radical (unpaired) electrons. The fourth-order valence-corrected chi connectivity index (χ4v) is 5.94. The van der Waals surface area contributed by atoms with Gasteiger partial charge in [-0.25, -0.2) is 4.39 Å². The zero-order valence-corrected chi connectivity index (χ0v) is 25.6. The number of nitroso groups, excluding NO2 is 1. The summed E-state index contributed by atoms with van der Waals surface area (Å²) in [6, 6.07) is 17.2. The number of nitrogens with zero attached hydrogens (tertiary/aromatic N) is 3. The lowest BCUT2D eigenvalue weighted by molar-refractivity contribution is 0.103. The summed E-state index contributed by atoms with van der Waals surface area (Å²) in [6.07, 6.45) is 0.929. The van der Waals surface area contributed by atoms with Gasteiger partial charge in [-0.3, -0.25) is 14.1 Å². The van der Waals surface area contributed by atoms with Crippen molar-refractivity contribution >= 4 is 23.1 Å². The number of rotatable bonds is 12. The molecule has 1 aliphatic heterocycles. The van der Waals surface area contributed by atoms with Crippen molar-refractivity contribution in [1.29, 1.82) is 0 Å². The van der Waals surface area contributed by atoms with Crippen LogP contribution >= 0.6 is 11.6 Å². The smallest absolute Gasteiger partial charge is 0.199 e. The molecule has 1 saturated heterocycles. The van der Waals surface area contributed by atoms with E-state index in [0.717, 1.165) is 25.6 Å². The minimum absolute atomic E-state index is 0.00773. The molecule has 44 heavy (non-hydrogen) atoms. The SMILES string of the molecule is CC(C)C(COc1ccc(C(=O)c2c(-c3ccccc3Cl)noc2-c2ccc(N=O)cc2)cc1F)N1CCC([C@@H](C)CF)C1. The second kappa shape index (κ2) is 13.8. The Hall–Kier alpha value is -3.95. The molecule has 1 aromatic heterocycles. The number of ether oxygens (including phenoxy) is 1. The summed E-state index contributed by atoms with van der Waals surface area (Å²) < 4.78 is 40.3. The van der Waals surface area contributed by atoms with Crippen LogP contribution < -0.4 is 4.74 Å². The molecule has 10 heteroatoms. The highest BCUT2D eigenvalue weighted by molar-refractivity contribution is 6.33. The van der Waals surface area contributed by atoms with E-state index in [2.05, 4.69) is 29.1 Å². The average molecular weight is 622 g/mol. The summed E-state index contributed by atoms with van der Waals surface area (Å²) in [5.41, 5.74) is 1.55. The van der Waals surface area contributed by atoms with Crippen LogP contribution in [-0.4, -0.2) is 48.3 Å². The summed E-state index contributed by atoms with van der Waals surface area (Å²) in [7, 11) is 0. The maximum absolute atomic E-state index is 15.5. The van der Waals surface area contributed by atoms with Gasteiger partial charge in [0.25, 0.3) is 0 Å². The fraction of sp³-hybridized carbons (Fsp3) is 0.353. The molecule has 0 aliphatic carbocycles. The molecule has 2 unspecified atom stereocenters. The van der Waals surface area contributed by atoms with Crippen molar-refractivity contribution in [2.24, 2.45) is 22.9 Å². The topological polar surface area (TPSA) is 85.0 Å². The van der Waals surface area contributed by atoms with Gasteiger partial charge in [-0.1, -0.05) is 55.7 Å². The number of carbonyl (C=O) groups is 1. The molecule has 3 aromatic carbocycles. The normalized spacial score (nSPS) is 16.7. The number of ketones is 1. The Morgan fingerprint density at radius 3 is 2.55 bits per heavy atom. The summed E-state index contributed by atoms with van der Waals surface area (Å²) in [5.74, 6) is -0.478. The minimum atomic E-state index is -0.678. The zero-order valence-electron chi connectivity index (χ0n) is 24.8. The standard InChI is InChI=1S/C34H34ClF2N3O4/c1-20(2)29(40-15-14-24(18-40)21(3)17-36)19-43-30-13-10-23(16-28(30)37)33(41)31-32(26-6-4-5-7-27(26)35)39-44-34(31)22-8-11-25(38-42)12-9-22/h4-13,16,20-21,24,29H,14-15,17-19H2,1-3H3/t21-,24?,29?/m0/s1. The first-order chi connectivity index (χ1) is 21.2. The highest BCUT2D eigenvalue weighted by atomic mass is 35.5. The first-order valence-corrected chi connectivity index (χ1v) is 15.0. The lowest BCUT2D eigenvalue weighted by Gasteiger charge is -2.31. The van der Waals surface area contributed by atoms with Crippen LogP contribution in [0.2, 0.25) is 5.02 Å². The third-order valence-electron chi connectivity index (χ3n) is 8.43. The molecule has 0 saturated carbocycles. The number of halogens is 3. The number of hydrogen-bond acceptors (Lipinski definition) is 7. The Kier molecular flexibility index (Phi) is 9.86. The van der Waals surface area contributed by atoms with Gasteiger partial charge in [-0.05, 0) is 84.4 Å². The summed E-state index contributed by atoms with van der Waals surface area (Å²) >= 11 is 6.45. The number of benzene rings is 3. The van der Waals surface area contributed by atoms with Gasteiger partial charge in [0.05, 0.1) is 17.3 Å². The second-order valence-electron chi connectivity index (χ2n) is 11.6. The molecule has 3 atom stereocenters. The van der Waals surface area contributed by atoms with E-state index in [-0.39, 0.29) is 65.2 Å². The van der Waals surface area contributed by atoms with E-state index < -0.39 is 11.6 Å². The molecule has 5 rings (SSSR count). The third-order valence-corrected chi connectivity index (χ3v) is 8.76. The number of carbonyl (C=O) groups excluding carboxylic acids is 1. The lowest BCUT2D eigenvalue weighted by atomic mass is 9.94. The van der Waals surface area contributed by atoms with E-state index in [1.54, 1.807) is 36.4 Å². The van der Waals surface area contributed by atoms with Gasteiger partial charge in [-0.2, -0.15) is 0 Å². The van der Waals surface area contributed by atoms with Crippen molar-refractivity contribution in [1.82, 2.24) is 10.1 Å². The van der Waals surface area contributed by atoms with Crippen molar-refractivity contribution in [3.63, 3.8) is 0 Å². The molecule has 0 N–H and O–H groups in total. The van der Waals surface area contributed by atoms with Crippen molar-refractivity contribution in [3.8, 4) is 28.3 Å². The Morgan fingerprint density at radius 2 is 1.89 bits per heavy atom. The quantitative estimate of drug-likeness (QED) is 0.116. The first-order valence-electron chi connectivity index (χ1n) is 14.7. The molecule has 4 aromatic rings. The average Bonchev–Trinajstić information content (AvgIpc) is 3.69. The number of hydrogen-bond donors (Lipinski definition) is 0. The van der Waals surface area contributed by atoms with Crippen molar-refractivity contribution in [2.45, 2.75) is 33.2 Å². The van der Waals surface area contributed by atoms with Crippen LogP contribution in [0.4, 0.5) is 14.5 Å². The Labute approximate surface area is 260 Å². The lowest BCUT2D eigenvalue weighted by Crippen LogP contribution is -2.42. The van der Waals surface area contributed by atoms with E-state index in [1.807, 2.05) is 6.92 Å². The van der Waals surface area contributed by atoms with Gasteiger partial charge in [0.15, 0.2) is 23.1 Å². The Bertz CT molecular complexity index is 1630. The van der Waals surface area contributed by atoms with Crippen molar-refractivity contribution < 1.29 is 22.8 Å². The van der Waals surface area contributed by atoms with Gasteiger partial charge in [0.2, 0.25) is 0 Å². The minimum Gasteiger partial charge on any atom is -0.489 e. The van der Waals surface area contributed by atoms with Crippen LogP contribution in [-0.2, 0) is 0 Å². The van der Waals surface area contributed by atoms with Crippen LogP contribution in [0.5, 0.6) is 5.75 Å².